The zero-order valence-electron chi connectivity index (χ0n) is 33.0. The Labute approximate surface area is 306 Å². The maximum atomic E-state index is 14.1. The number of hydrogen-bond acceptors (Lipinski definition) is 8. The molecule has 0 aromatic heterocycles. The number of aliphatic carboxylic acids is 1. The molecule has 1 fully saturated rings. The first kappa shape index (κ1) is 44.1. The van der Waals surface area contributed by atoms with Gasteiger partial charge >= 0.3 is 5.97 Å². The van der Waals surface area contributed by atoms with Crippen LogP contribution >= 0.6 is 0 Å². The lowest BCUT2D eigenvalue weighted by Gasteiger charge is -2.41. The van der Waals surface area contributed by atoms with E-state index >= 15 is 0 Å². The van der Waals surface area contributed by atoms with Gasteiger partial charge in [0.25, 0.3) is 0 Å². The Morgan fingerprint density at radius 2 is 1.57 bits per heavy atom. The molecule has 0 saturated carbocycles. The summed E-state index contributed by atoms with van der Waals surface area (Å²) in [5.41, 5.74) is 0.830. The zero-order valence-corrected chi connectivity index (χ0v) is 33.0. The Hall–Kier alpha value is -3.06. The van der Waals surface area contributed by atoms with Gasteiger partial charge in [0.15, 0.2) is 0 Å². The number of likely N-dealkylation sites (N-methyl/N-ethyl adjacent to an activating group) is 2. The van der Waals surface area contributed by atoms with Crippen LogP contribution in [0.2, 0.25) is 0 Å². The fourth-order valence-corrected chi connectivity index (χ4v) is 7.55. The number of amides is 3. The van der Waals surface area contributed by atoms with Gasteiger partial charge in [-0.05, 0) is 56.2 Å². The molecule has 0 radical (unpaired) electrons. The van der Waals surface area contributed by atoms with Crippen LogP contribution in [0.15, 0.2) is 30.3 Å². The Bertz CT molecular complexity index is 1230. The summed E-state index contributed by atoms with van der Waals surface area (Å²) < 4.78 is 12.1. The topological polar surface area (TPSA) is 150 Å². The van der Waals surface area contributed by atoms with E-state index in [2.05, 4.69) is 34.7 Å². The second-order valence-electron chi connectivity index (χ2n) is 15.0. The smallest absolute Gasteiger partial charge is 0.326 e. The highest BCUT2D eigenvalue weighted by Crippen LogP contribution is 2.29. The zero-order chi connectivity index (χ0) is 38.4. The maximum Gasteiger partial charge on any atom is 0.326 e. The van der Waals surface area contributed by atoms with Gasteiger partial charge in [0, 0.05) is 40.3 Å². The van der Waals surface area contributed by atoms with E-state index in [0.717, 1.165) is 31.4 Å². The molecule has 0 bridgehead atoms. The van der Waals surface area contributed by atoms with Gasteiger partial charge in [-0.25, -0.2) is 4.79 Å². The minimum atomic E-state index is -1.08. The van der Waals surface area contributed by atoms with Crippen LogP contribution in [0.3, 0.4) is 0 Å². The molecule has 1 aromatic rings. The van der Waals surface area contributed by atoms with Crippen molar-refractivity contribution in [3.63, 3.8) is 0 Å². The van der Waals surface area contributed by atoms with Crippen LogP contribution in [0.4, 0.5) is 0 Å². The van der Waals surface area contributed by atoms with Crippen LogP contribution in [-0.4, -0.2) is 122 Å². The third kappa shape index (κ3) is 12.3. The first-order valence-electron chi connectivity index (χ1n) is 18.7. The molecule has 9 atom stereocenters. The molecule has 3 amide bonds. The highest BCUT2D eigenvalue weighted by molar-refractivity contribution is 5.90. The summed E-state index contributed by atoms with van der Waals surface area (Å²) in [5, 5.41) is 18.7. The molecule has 1 aromatic carbocycles. The Morgan fingerprint density at radius 1 is 0.941 bits per heavy atom. The van der Waals surface area contributed by atoms with Crippen molar-refractivity contribution in [2.75, 3.05) is 41.4 Å². The van der Waals surface area contributed by atoms with Crippen molar-refractivity contribution in [3.05, 3.63) is 35.9 Å². The number of carboxylic acids is 1. The van der Waals surface area contributed by atoms with Crippen LogP contribution in [0, 0.1) is 23.7 Å². The summed E-state index contributed by atoms with van der Waals surface area (Å²) in [4.78, 5) is 56.9. The monoisotopic (exact) mass is 718 g/mol. The fourth-order valence-electron chi connectivity index (χ4n) is 7.55. The van der Waals surface area contributed by atoms with E-state index < -0.39 is 36.1 Å². The maximum absolute atomic E-state index is 14.1. The Balaban J connectivity index is 2.20. The summed E-state index contributed by atoms with van der Waals surface area (Å²) >= 11 is 0. The average molecular weight is 718 g/mol. The van der Waals surface area contributed by atoms with E-state index in [4.69, 9.17) is 9.47 Å². The lowest BCUT2D eigenvalue weighted by molar-refractivity contribution is -0.144. The molecule has 0 unspecified atom stereocenters. The van der Waals surface area contributed by atoms with Gasteiger partial charge in [0.2, 0.25) is 17.7 Å². The van der Waals surface area contributed by atoms with Crippen molar-refractivity contribution in [1.29, 1.82) is 0 Å². The van der Waals surface area contributed by atoms with E-state index in [1.807, 2.05) is 65.1 Å². The number of likely N-dealkylation sites (tertiary alicyclic amines) is 1. The number of nitrogens with zero attached hydrogens (tertiary/aromatic N) is 2. The molecule has 0 aliphatic carbocycles. The molecule has 4 N–H and O–H groups in total. The SMILES string of the molecule is CC[C@H](C)[C@@H]([C@@H](CCN1CCC[C@H]1[C@H](OC)[C@@H](C)C(=O)N[C@@H](Cc1ccccc1)C(=O)O)OC)N(C)C(=O)[C@@H](NC(=O)[C@@H](NC)C(C)C)C(C)C. The van der Waals surface area contributed by atoms with E-state index in [0.29, 0.717) is 13.0 Å². The van der Waals surface area contributed by atoms with E-state index in [-0.39, 0.29) is 60.1 Å². The lowest BCUT2D eigenvalue weighted by atomic mass is 9.89. The standard InChI is InChI=1S/C39H67N5O7/c1-12-26(6)34(43(9)38(47)33(25(4)5)42-37(46)32(40-8)24(2)3)31(50-10)20-22-44-21-16-19-30(44)35(51-11)27(7)36(45)41-29(39(48)49)23-28-17-14-13-15-18-28/h13-15,17-18,24-27,29-35,40H,12,16,19-23H2,1-11H3,(H,41,45)(H,42,46)(H,48,49)/t26-,27+,29-,30-,31+,32-,33-,34-,35+/m0/s1. The van der Waals surface area contributed by atoms with Gasteiger partial charge in [-0.1, -0.05) is 85.2 Å². The van der Waals surface area contributed by atoms with Gasteiger partial charge < -0.3 is 35.4 Å². The second-order valence-corrected chi connectivity index (χ2v) is 15.0. The minimum absolute atomic E-state index is 0.0475. The molecular weight excluding hydrogens is 650 g/mol. The van der Waals surface area contributed by atoms with Crippen molar-refractivity contribution in [3.8, 4) is 0 Å². The third-order valence-electron chi connectivity index (χ3n) is 10.8. The number of carboxylic acid groups (broad SMARTS) is 1. The number of carbonyl (C=O) groups is 4. The predicted molar refractivity (Wildman–Crippen MR) is 200 cm³/mol. The van der Waals surface area contributed by atoms with Gasteiger partial charge in [-0.15, -0.1) is 0 Å². The average Bonchev–Trinajstić information content (AvgIpc) is 3.56. The summed E-state index contributed by atoms with van der Waals surface area (Å²) in [7, 11) is 6.85. The molecule has 1 heterocycles. The third-order valence-corrected chi connectivity index (χ3v) is 10.8. The Kier molecular flexibility index (Phi) is 18.6. The van der Waals surface area contributed by atoms with Crippen LogP contribution in [0.5, 0.6) is 0 Å². The van der Waals surface area contributed by atoms with Crippen LogP contribution < -0.4 is 16.0 Å². The van der Waals surface area contributed by atoms with Crippen LogP contribution in [0.1, 0.15) is 79.7 Å². The molecule has 1 aliphatic heterocycles. The van der Waals surface area contributed by atoms with Crippen LogP contribution in [0.25, 0.3) is 0 Å². The number of ether oxygens (including phenoxy) is 2. The molecule has 1 saturated heterocycles. The Morgan fingerprint density at radius 3 is 2.08 bits per heavy atom. The highest BCUT2D eigenvalue weighted by Gasteiger charge is 2.41. The molecule has 12 heteroatoms. The van der Waals surface area contributed by atoms with Gasteiger partial charge in [0.1, 0.15) is 12.1 Å². The van der Waals surface area contributed by atoms with Gasteiger partial charge in [-0.3, -0.25) is 19.3 Å². The summed E-state index contributed by atoms with van der Waals surface area (Å²) in [6, 6.07) is 6.82. The summed E-state index contributed by atoms with van der Waals surface area (Å²) in [6.07, 6.45) is 2.72. The number of hydrogen-bond donors (Lipinski definition) is 4. The first-order valence-corrected chi connectivity index (χ1v) is 18.7. The van der Waals surface area contributed by atoms with Gasteiger partial charge in [-0.2, -0.15) is 0 Å². The van der Waals surface area contributed by atoms with Crippen LogP contribution in [-0.2, 0) is 35.1 Å². The van der Waals surface area contributed by atoms with Gasteiger partial charge in [0.05, 0.1) is 30.2 Å². The second kappa shape index (κ2) is 21.5. The highest BCUT2D eigenvalue weighted by atomic mass is 16.5. The largest absolute Gasteiger partial charge is 0.480 e. The van der Waals surface area contributed by atoms with E-state index in [1.165, 1.54) is 0 Å². The molecule has 51 heavy (non-hydrogen) atoms. The predicted octanol–water partition coefficient (Wildman–Crippen LogP) is 3.58. The molecule has 290 valence electrons. The molecule has 2 rings (SSSR count). The van der Waals surface area contributed by atoms with E-state index in [1.54, 1.807) is 33.1 Å². The lowest BCUT2D eigenvalue weighted by Crippen LogP contribution is -2.59. The quantitative estimate of drug-likeness (QED) is 0.141. The number of carbonyl (C=O) groups excluding carboxylic acids is 3. The van der Waals surface area contributed by atoms with Crippen molar-refractivity contribution >= 4 is 23.7 Å². The molecule has 0 spiro atoms. The van der Waals surface area contributed by atoms with Crippen molar-refractivity contribution < 1.29 is 33.8 Å². The molecule has 12 nitrogen and oxygen atoms in total. The normalized spacial score (nSPS) is 19.8. The first-order chi connectivity index (χ1) is 24.1. The fraction of sp³-hybridized carbons (Fsp3) is 0.744. The van der Waals surface area contributed by atoms with Crippen molar-refractivity contribution in [1.82, 2.24) is 25.8 Å². The van der Waals surface area contributed by atoms with Crippen molar-refractivity contribution in [2.24, 2.45) is 23.7 Å². The molecular formula is C39H67N5O7. The summed E-state index contributed by atoms with van der Waals surface area (Å²) in [5.74, 6) is -2.30. The number of nitrogens with one attached hydrogen (secondary N) is 3. The van der Waals surface area contributed by atoms with E-state index in [9.17, 15) is 24.3 Å². The number of rotatable bonds is 22. The van der Waals surface area contributed by atoms with Crippen molar-refractivity contribution in [2.45, 2.75) is 123 Å². The number of methoxy groups -OCH3 is 2. The summed E-state index contributed by atoms with van der Waals surface area (Å²) in [6.45, 7) is 15.3. The minimum Gasteiger partial charge on any atom is -0.480 e. The number of benzene rings is 1. The molecule has 1 aliphatic rings.